The molecular weight excluding hydrogens is 373 g/mol. The molecule has 0 spiro atoms. The molecule has 1 heterocycles. The average Bonchev–Trinajstić information content (AvgIpc) is 2.66. The van der Waals surface area contributed by atoms with E-state index in [4.69, 9.17) is 4.74 Å². The number of rotatable bonds is 8. The zero-order chi connectivity index (χ0) is 20.7. The molecule has 8 heteroatoms. The highest BCUT2D eigenvalue weighted by molar-refractivity contribution is 5.69. The summed E-state index contributed by atoms with van der Waals surface area (Å²) in [4.78, 5) is 17.6. The summed E-state index contributed by atoms with van der Waals surface area (Å²) >= 11 is 0. The highest BCUT2D eigenvalue weighted by Crippen LogP contribution is 2.34. The second-order valence-corrected chi connectivity index (χ2v) is 7.30. The molecule has 1 fully saturated rings. The molecule has 0 atom stereocenters. The predicted octanol–water partition coefficient (Wildman–Crippen LogP) is 4.18. The highest BCUT2D eigenvalue weighted by atomic mass is 19.4. The first-order chi connectivity index (χ1) is 13.3. The maximum atomic E-state index is 12.9. The van der Waals surface area contributed by atoms with Crippen LogP contribution in [0.25, 0.3) is 0 Å². The van der Waals surface area contributed by atoms with E-state index in [-0.39, 0.29) is 11.5 Å². The number of anilines is 1. The van der Waals surface area contributed by atoms with Crippen LogP contribution in [-0.4, -0.2) is 35.8 Å². The van der Waals surface area contributed by atoms with Gasteiger partial charge in [0.15, 0.2) is 0 Å². The molecule has 1 saturated carbocycles. The van der Waals surface area contributed by atoms with Crippen LogP contribution in [0.5, 0.6) is 0 Å². The summed E-state index contributed by atoms with van der Waals surface area (Å²) in [6, 6.07) is 0.973. The lowest BCUT2D eigenvalue weighted by molar-refractivity contribution is -0.144. The second-order valence-electron chi connectivity index (χ2n) is 7.30. The Kier molecular flexibility index (Phi) is 8.10. The Balaban J connectivity index is 1.99. The lowest BCUT2D eigenvalue weighted by Gasteiger charge is -2.33. The first-order valence-corrected chi connectivity index (χ1v) is 9.85. The molecular formula is C20H29F3N2O3. The molecule has 1 aromatic rings. The molecule has 0 unspecified atom stereocenters. The molecule has 5 nitrogen and oxygen atoms in total. The molecule has 0 aromatic carbocycles. The van der Waals surface area contributed by atoms with Gasteiger partial charge in [-0.15, -0.1) is 0 Å². The number of carbonyl (C=O) groups is 1. The second kappa shape index (κ2) is 10.1. The van der Waals surface area contributed by atoms with Crippen LogP contribution in [0.15, 0.2) is 12.3 Å². The van der Waals surface area contributed by atoms with Gasteiger partial charge in [-0.05, 0) is 57.4 Å². The first kappa shape index (κ1) is 22.5. The number of aromatic nitrogens is 1. The number of ether oxygens (including phenoxy) is 1. The van der Waals surface area contributed by atoms with Crippen LogP contribution in [0.3, 0.4) is 0 Å². The standard InChI is InChI=1S/C20H29F3N2O3/c1-3-25(19-16(13-26)10-17(11-24-19)20(21,22)23)12-15-7-5-14(6-8-15)9-18(27)28-4-2/h10-11,14-15,26H,3-9,12-13H2,1-2H3/t14-,15-. The van der Waals surface area contributed by atoms with Gasteiger partial charge in [-0.25, -0.2) is 4.98 Å². The van der Waals surface area contributed by atoms with E-state index in [1.165, 1.54) is 0 Å². The van der Waals surface area contributed by atoms with E-state index < -0.39 is 18.3 Å². The van der Waals surface area contributed by atoms with Gasteiger partial charge in [0.25, 0.3) is 0 Å². The molecule has 28 heavy (non-hydrogen) atoms. The summed E-state index contributed by atoms with van der Waals surface area (Å²) < 4.78 is 43.7. The van der Waals surface area contributed by atoms with Crippen molar-refractivity contribution in [3.63, 3.8) is 0 Å². The van der Waals surface area contributed by atoms with Crippen LogP contribution in [0.2, 0.25) is 0 Å². The third-order valence-electron chi connectivity index (χ3n) is 5.33. The zero-order valence-electron chi connectivity index (χ0n) is 16.5. The number of hydrogen-bond donors (Lipinski definition) is 1. The first-order valence-electron chi connectivity index (χ1n) is 9.85. The van der Waals surface area contributed by atoms with E-state index in [9.17, 15) is 23.1 Å². The van der Waals surface area contributed by atoms with Crippen LogP contribution in [0.1, 0.15) is 57.1 Å². The minimum atomic E-state index is -4.48. The number of pyridine rings is 1. The van der Waals surface area contributed by atoms with Gasteiger partial charge < -0.3 is 14.7 Å². The van der Waals surface area contributed by atoms with Gasteiger partial charge in [-0.2, -0.15) is 13.2 Å². The lowest BCUT2D eigenvalue weighted by Crippen LogP contribution is -2.33. The molecule has 1 aliphatic rings. The van der Waals surface area contributed by atoms with Crippen LogP contribution in [-0.2, 0) is 22.3 Å². The minimum absolute atomic E-state index is 0.150. The minimum Gasteiger partial charge on any atom is -0.466 e. The number of aliphatic hydroxyl groups excluding tert-OH is 1. The SMILES string of the molecule is CCOC(=O)C[C@H]1CC[C@H](CN(CC)c2ncc(C(F)(F)F)cc2CO)CC1. The van der Waals surface area contributed by atoms with Gasteiger partial charge in [-0.1, -0.05) is 0 Å². The largest absolute Gasteiger partial charge is 0.466 e. The van der Waals surface area contributed by atoms with E-state index in [0.29, 0.717) is 43.8 Å². The van der Waals surface area contributed by atoms with Gasteiger partial charge in [0, 0.05) is 31.3 Å². The lowest BCUT2D eigenvalue weighted by atomic mass is 9.80. The Morgan fingerprint density at radius 1 is 1.25 bits per heavy atom. The molecule has 0 bridgehead atoms. The smallest absolute Gasteiger partial charge is 0.417 e. The van der Waals surface area contributed by atoms with E-state index in [1.54, 1.807) is 6.92 Å². The zero-order valence-corrected chi connectivity index (χ0v) is 16.5. The monoisotopic (exact) mass is 402 g/mol. The third-order valence-corrected chi connectivity index (χ3v) is 5.33. The van der Waals surface area contributed by atoms with Gasteiger partial charge in [0.1, 0.15) is 5.82 Å². The van der Waals surface area contributed by atoms with Crippen molar-refractivity contribution in [1.82, 2.24) is 4.98 Å². The van der Waals surface area contributed by atoms with Gasteiger partial charge in [0.05, 0.1) is 18.8 Å². The van der Waals surface area contributed by atoms with Crippen molar-refractivity contribution in [2.24, 2.45) is 11.8 Å². The molecule has 0 aliphatic heterocycles. The summed E-state index contributed by atoms with van der Waals surface area (Å²) in [5.41, 5.74) is -0.663. The van der Waals surface area contributed by atoms with E-state index in [1.807, 2.05) is 11.8 Å². The summed E-state index contributed by atoms with van der Waals surface area (Å²) in [6.45, 7) is 4.89. The van der Waals surface area contributed by atoms with Crippen molar-refractivity contribution >= 4 is 11.8 Å². The van der Waals surface area contributed by atoms with Gasteiger partial charge in [0.2, 0.25) is 0 Å². The fourth-order valence-electron chi connectivity index (χ4n) is 3.81. The number of esters is 1. The summed E-state index contributed by atoms with van der Waals surface area (Å²) in [5.74, 6) is 0.978. The van der Waals surface area contributed by atoms with Crippen LogP contribution in [0, 0.1) is 11.8 Å². The van der Waals surface area contributed by atoms with Gasteiger partial charge in [-0.3, -0.25) is 4.79 Å². The van der Waals surface area contributed by atoms with Crippen molar-refractivity contribution in [3.05, 3.63) is 23.4 Å². The highest BCUT2D eigenvalue weighted by Gasteiger charge is 2.32. The molecule has 1 aromatic heterocycles. The Morgan fingerprint density at radius 3 is 2.43 bits per heavy atom. The van der Waals surface area contributed by atoms with E-state index in [2.05, 4.69) is 4.98 Å². The molecule has 0 saturated heterocycles. The van der Waals surface area contributed by atoms with Gasteiger partial charge >= 0.3 is 12.1 Å². The molecule has 1 aliphatic carbocycles. The number of aliphatic hydroxyl groups is 1. The maximum Gasteiger partial charge on any atom is 0.417 e. The van der Waals surface area contributed by atoms with Crippen molar-refractivity contribution in [1.29, 1.82) is 0 Å². The van der Waals surface area contributed by atoms with E-state index in [0.717, 1.165) is 37.9 Å². The number of alkyl halides is 3. The van der Waals surface area contributed by atoms with Crippen molar-refractivity contribution in [3.8, 4) is 0 Å². The maximum absolute atomic E-state index is 12.9. The Morgan fingerprint density at radius 2 is 1.89 bits per heavy atom. The van der Waals surface area contributed by atoms with Crippen LogP contribution >= 0.6 is 0 Å². The summed E-state index contributed by atoms with van der Waals surface area (Å²) in [7, 11) is 0. The predicted molar refractivity (Wildman–Crippen MR) is 99.7 cm³/mol. The Bertz CT molecular complexity index is 644. The number of hydrogen-bond acceptors (Lipinski definition) is 5. The normalized spacial score (nSPS) is 20.1. The average molecular weight is 402 g/mol. The fraction of sp³-hybridized carbons (Fsp3) is 0.700. The Labute approximate surface area is 163 Å². The molecule has 2 rings (SSSR count). The topological polar surface area (TPSA) is 62.7 Å². The third kappa shape index (κ3) is 6.09. The summed E-state index contributed by atoms with van der Waals surface area (Å²) in [5, 5.41) is 9.54. The van der Waals surface area contributed by atoms with E-state index >= 15 is 0 Å². The number of nitrogens with zero attached hydrogens (tertiary/aromatic N) is 2. The van der Waals surface area contributed by atoms with Crippen molar-refractivity contribution in [2.75, 3.05) is 24.6 Å². The number of carbonyl (C=O) groups excluding carboxylic acids is 1. The quantitative estimate of drug-likeness (QED) is 0.661. The fourth-order valence-corrected chi connectivity index (χ4v) is 3.81. The number of halogens is 3. The molecule has 1 N–H and O–H groups in total. The molecule has 158 valence electrons. The molecule has 0 amide bonds. The van der Waals surface area contributed by atoms with Crippen molar-refractivity contribution < 1.29 is 27.8 Å². The van der Waals surface area contributed by atoms with Crippen LogP contribution < -0.4 is 4.90 Å². The Hall–Kier alpha value is -1.83. The van der Waals surface area contributed by atoms with Crippen molar-refractivity contribution in [2.45, 2.75) is 58.7 Å². The van der Waals surface area contributed by atoms with Crippen LogP contribution in [0.4, 0.5) is 19.0 Å². The molecule has 0 radical (unpaired) electrons. The summed E-state index contributed by atoms with van der Waals surface area (Å²) in [6.07, 6.45) is 0.582.